The molecule has 0 aliphatic heterocycles. The number of ether oxygens (including phenoxy) is 1. The number of benzene rings is 1. The Morgan fingerprint density at radius 1 is 1.24 bits per heavy atom. The number of aromatic nitrogens is 1. The predicted octanol–water partition coefficient (Wildman–Crippen LogP) is 2.84. The third kappa shape index (κ3) is 4.20. The summed E-state index contributed by atoms with van der Waals surface area (Å²) in [6.45, 7) is 4.64. The first-order valence-electron chi connectivity index (χ1n) is 7.23. The van der Waals surface area contributed by atoms with Crippen LogP contribution in [0.1, 0.15) is 18.2 Å². The smallest absolute Gasteiger partial charge is 0.123 e. The van der Waals surface area contributed by atoms with Crippen molar-refractivity contribution in [1.29, 1.82) is 0 Å². The van der Waals surface area contributed by atoms with Crippen molar-refractivity contribution >= 4 is 5.69 Å². The van der Waals surface area contributed by atoms with Gasteiger partial charge in [-0.3, -0.25) is 4.98 Å². The fraction of sp³-hybridized carbons (Fsp3) is 0.353. The number of methoxy groups -OCH3 is 1. The molecule has 1 aromatic carbocycles. The van der Waals surface area contributed by atoms with Crippen molar-refractivity contribution in [2.24, 2.45) is 0 Å². The summed E-state index contributed by atoms with van der Waals surface area (Å²) in [6, 6.07) is 12.3. The Balaban J connectivity index is 2.10. The molecule has 0 fully saturated rings. The van der Waals surface area contributed by atoms with Crippen molar-refractivity contribution in [1.82, 2.24) is 10.3 Å². The van der Waals surface area contributed by atoms with E-state index in [1.165, 1.54) is 5.56 Å². The van der Waals surface area contributed by atoms with Crippen LogP contribution in [0.5, 0.6) is 5.75 Å². The highest BCUT2D eigenvalue weighted by Crippen LogP contribution is 2.22. The standard InChI is InChI=1S/C17H23N3O/c1-4-18-12-15-11-16(9-10-19-15)20(2)13-14-7-5-6-8-17(14)21-3/h5-11,18H,4,12-13H2,1-3H3. The second-order valence-corrected chi connectivity index (χ2v) is 4.95. The van der Waals surface area contributed by atoms with Crippen molar-refractivity contribution in [3.8, 4) is 5.75 Å². The van der Waals surface area contributed by atoms with Gasteiger partial charge in [0, 0.05) is 37.6 Å². The van der Waals surface area contributed by atoms with Gasteiger partial charge in [-0.25, -0.2) is 0 Å². The average Bonchev–Trinajstić information content (AvgIpc) is 2.53. The number of nitrogens with one attached hydrogen (secondary N) is 1. The quantitative estimate of drug-likeness (QED) is 0.849. The number of hydrogen-bond donors (Lipinski definition) is 1. The van der Waals surface area contributed by atoms with E-state index < -0.39 is 0 Å². The van der Waals surface area contributed by atoms with Gasteiger partial charge in [0.1, 0.15) is 5.75 Å². The lowest BCUT2D eigenvalue weighted by atomic mass is 10.2. The Hall–Kier alpha value is -2.07. The van der Waals surface area contributed by atoms with Gasteiger partial charge in [-0.2, -0.15) is 0 Å². The topological polar surface area (TPSA) is 37.4 Å². The van der Waals surface area contributed by atoms with Crippen molar-refractivity contribution in [2.45, 2.75) is 20.0 Å². The Kier molecular flexibility index (Phi) is 5.58. The Morgan fingerprint density at radius 3 is 2.81 bits per heavy atom. The van der Waals surface area contributed by atoms with E-state index in [1.807, 2.05) is 30.5 Å². The number of rotatable bonds is 7. The summed E-state index contributed by atoms with van der Waals surface area (Å²) in [4.78, 5) is 6.59. The fourth-order valence-corrected chi connectivity index (χ4v) is 2.23. The minimum absolute atomic E-state index is 0.798. The molecule has 0 saturated carbocycles. The van der Waals surface area contributed by atoms with Crippen molar-refractivity contribution in [3.05, 3.63) is 53.9 Å². The molecule has 4 heteroatoms. The van der Waals surface area contributed by atoms with Crippen LogP contribution in [0.2, 0.25) is 0 Å². The Morgan fingerprint density at radius 2 is 2.05 bits per heavy atom. The zero-order valence-electron chi connectivity index (χ0n) is 13.0. The highest BCUT2D eigenvalue weighted by Gasteiger charge is 2.07. The van der Waals surface area contributed by atoms with Crippen LogP contribution in [0.3, 0.4) is 0 Å². The van der Waals surface area contributed by atoms with Gasteiger partial charge >= 0.3 is 0 Å². The highest BCUT2D eigenvalue weighted by atomic mass is 16.5. The zero-order valence-corrected chi connectivity index (χ0v) is 13.0. The molecule has 2 aromatic rings. The normalized spacial score (nSPS) is 10.4. The molecule has 0 unspecified atom stereocenters. The number of para-hydroxylation sites is 1. The molecular formula is C17H23N3O. The van der Waals surface area contributed by atoms with Gasteiger partial charge in [0.05, 0.1) is 12.8 Å². The molecule has 0 spiro atoms. The monoisotopic (exact) mass is 285 g/mol. The first-order valence-corrected chi connectivity index (χ1v) is 7.23. The van der Waals surface area contributed by atoms with Gasteiger partial charge in [-0.1, -0.05) is 25.1 Å². The first-order chi connectivity index (χ1) is 10.2. The number of anilines is 1. The van der Waals surface area contributed by atoms with E-state index >= 15 is 0 Å². The molecule has 0 radical (unpaired) electrons. The summed E-state index contributed by atoms with van der Waals surface area (Å²) in [7, 11) is 3.79. The summed E-state index contributed by atoms with van der Waals surface area (Å²) < 4.78 is 5.41. The lowest BCUT2D eigenvalue weighted by Crippen LogP contribution is -2.18. The molecule has 2 rings (SSSR count). The van der Waals surface area contributed by atoms with Crippen LogP contribution in [-0.2, 0) is 13.1 Å². The SMILES string of the molecule is CCNCc1cc(N(C)Cc2ccccc2OC)ccn1. The first kappa shape index (κ1) is 15.3. The van der Waals surface area contributed by atoms with Gasteiger partial charge in [-0.15, -0.1) is 0 Å². The molecule has 21 heavy (non-hydrogen) atoms. The van der Waals surface area contributed by atoms with Gasteiger partial charge in [0.25, 0.3) is 0 Å². The van der Waals surface area contributed by atoms with E-state index in [2.05, 4.69) is 41.3 Å². The van der Waals surface area contributed by atoms with Crippen LogP contribution in [0.4, 0.5) is 5.69 Å². The third-order valence-electron chi connectivity index (χ3n) is 3.40. The van der Waals surface area contributed by atoms with E-state index in [0.717, 1.165) is 36.8 Å². The molecule has 0 bridgehead atoms. The van der Waals surface area contributed by atoms with Gasteiger partial charge < -0.3 is 15.0 Å². The summed E-state index contributed by atoms with van der Waals surface area (Å²) in [5, 5.41) is 3.30. The summed E-state index contributed by atoms with van der Waals surface area (Å²) in [5.41, 5.74) is 3.39. The van der Waals surface area contributed by atoms with Crippen molar-refractivity contribution in [3.63, 3.8) is 0 Å². The second kappa shape index (κ2) is 7.64. The Labute approximate surface area is 126 Å². The molecule has 0 saturated heterocycles. The number of pyridine rings is 1. The maximum absolute atomic E-state index is 5.41. The van der Waals surface area contributed by atoms with E-state index in [4.69, 9.17) is 4.74 Å². The molecular weight excluding hydrogens is 262 g/mol. The Bertz CT molecular complexity index is 571. The fourth-order valence-electron chi connectivity index (χ4n) is 2.23. The molecule has 0 atom stereocenters. The molecule has 1 aromatic heterocycles. The molecule has 0 amide bonds. The van der Waals surface area contributed by atoms with Crippen LogP contribution in [0, 0.1) is 0 Å². The minimum Gasteiger partial charge on any atom is -0.496 e. The number of hydrogen-bond acceptors (Lipinski definition) is 4. The van der Waals surface area contributed by atoms with Crippen LogP contribution in [0.15, 0.2) is 42.6 Å². The molecule has 4 nitrogen and oxygen atoms in total. The van der Waals surface area contributed by atoms with Gasteiger partial charge in [0.2, 0.25) is 0 Å². The summed E-state index contributed by atoms with van der Waals surface area (Å²) in [6.07, 6.45) is 1.86. The minimum atomic E-state index is 0.798. The van der Waals surface area contributed by atoms with Gasteiger partial charge in [-0.05, 0) is 24.7 Å². The zero-order chi connectivity index (χ0) is 15.1. The highest BCUT2D eigenvalue weighted by molar-refractivity contribution is 5.47. The van der Waals surface area contributed by atoms with Crippen molar-refractivity contribution < 1.29 is 4.74 Å². The lowest BCUT2D eigenvalue weighted by Gasteiger charge is -2.21. The maximum atomic E-state index is 5.41. The maximum Gasteiger partial charge on any atom is 0.123 e. The largest absolute Gasteiger partial charge is 0.496 e. The van der Waals surface area contributed by atoms with E-state index in [-0.39, 0.29) is 0 Å². The molecule has 0 aliphatic rings. The van der Waals surface area contributed by atoms with E-state index in [1.54, 1.807) is 7.11 Å². The second-order valence-electron chi connectivity index (χ2n) is 4.95. The molecule has 0 aliphatic carbocycles. The van der Waals surface area contributed by atoms with E-state index in [0.29, 0.717) is 0 Å². The van der Waals surface area contributed by atoms with E-state index in [9.17, 15) is 0 Å². The van der Waals surface area contributed by atoms with Crippen LogP contribution < -0.4 is 15.0 Å². The van der Waals surface area contributed by atoms with Crippen LogP contribution >= 0.6 is 0 Å². The average molecular weight is 285 g/mol. The molecule has 1 N–H and O–H groups in total. The van der Waals surface area contributed by atoms with Crippen LogP contribution in [-0.4, -0.2) is 25.7 Å². The van der Waals surface area contributed by atoms with Crippen LogP contribution in [0.25, 0.3) is 0 Å². The van der Waals surface area contributed by atoms with Gasteiger partial charge in [0.15, 0.2) is 0 Å². The predicted molar refractivity (Wildman–Crippen MR) is 86.7 cm³/mol. The third-order valence-corrected chi connectivity index (χ3v) is 3.40. The number of nitrogens with zero attached hydrogens (tertiary/aromatic N) is 2. The lowest BCUT2D eigenvalue weighted by molar-refractivity contribution is 0.409. The molecule has 112 valence electrons. The summed E-state index contributed by atoms with van der Waals surface area (Å²) in [5.74, 6) is 0.922. The van der Waals surface area contributed by atoms with Crippen molar-refractivity contribution in [2.75, 3.05) is 25.6 Å². The summed E-state index contributed by atoms with van der Waals surface area (Å²) >= 11 is 0. The molecule has 1 heterocycles.